The molecule has 6 bridgehead atoms. The van der Waals surface area contributed by atoms with Crippen LogP contribution in [-0.2, 0) is 24.7 Å². The minimum atomic E-state index is -0.945. The molecule has 5 heteroatoms. The third-order valence-corrected chi connectivity index (χ3v) is 9.83. The lowest BCUT2D eigenvalue weighted by Crippen LogP contribution is -2.58. The van der Waals surface area contributed by atoms with Crippen molar-refractivity contribution in [2.75, 3.05) is 14.2 Å². The van der Waals surface area contributed by atoms with Crippen molar-refractivity contribution in [2.45, 2.75) is 31.8 Å². The minimum absolute atomic E-state index is 0.000349. The van der Waals surface area contributed by atoms with Crippen molar-refractivity contribution in [3.63, 3.8) is 0 Å². The Bertz CT molecular complexity index is 907. The van der Waals surface area contributed by atoms with E-state index in [-0.39, 0.29) is 52.9 Å². The molecule has 0 saturated heterocycles. The lowest BCUT2D eigenvalue weighted by molar-refractivity contribution is -0.190. The zero-order valence-electron chi connectivity index (χ0n) is 17.1. The molecule has 9 atom stereocenters. The van der Waals surface area contributed by atoms with Crippen LogP contribution in [0.2, 0.25) is 0 Å². The molecule has 6 aliphatic rings. The first-order chi connectivity index (χ1) is 14.0. The SMILES string of the molecule is CC[C@H]1[C@H]2[C@@H]3[C@@H]4[C@H](C(=O)OC)[C@@]2(C(=O)OC)[C@H]([C@@H]3[C@@]1(O)c1ccccc1)C41CC1. The highest BCUT2D eigenvalue weighted by Gasteiger charge is 2.97. The highest BCUT2D eigenvalue weighted by atomic mass is 16.5. The van der Waals surface area contributed by atoms with Crippen LogP contribution in [0, 0.1) is 52.3 Å². The number of esters is 2. The summed E-state index contributed by atoms with van der Waals surface area (Å²) in [6, 6.07) is 9.98. The summed E-state index contributed by atoms with van der Waals surface area (Å²) >= 11 is 0. The number of methoxy groups -OCH3 is 2. The molecular formula is C24H28O5. The highest BCUT2D eigenvalue weighted by molar-refractivity contribution is 5.90. The van der Waals surface area contributed by atoms with Gasteiger partial charge in [-0.3, -0.25) is 9.59 Å². The fourth-order valence-corrected chi connectivity index (χ4v) is 9.56. The molecule has 5 nitrogen and oxygen atoms in total. The second kappa shape index (κ2) is 5.23. The number of carbonyl (C=O) groups is 2. The Morgan fingerprint density at radius 1 is 1.07 bits per heavy atom. The van der Waals surface area contributed by atoms with Crippen LogP contribution in [0.1, 0.15) is 31.7 Å². The highest BCUT2D eigenvalue weighted by Crippen LogP contribution is 2.95. The van der Waals surface area contributed by atoms with Crippen LogP contribution in [0.5, 0.6) is 0 Å². The van der Waals surface area contributed by atoms with Crippen molar-refractivity contribution >= 4 is 11.9 Å². The van der Waals surface area contributed by atoms with Gasteiger partial charge in [0, 0.05) is 5.92 Å². The van der Waals surface area contributed by atoms with E-state index in [1.807, 2.05) is 30.3 Å². The van der Waals surface area contributed by atoms with Gasteiger partial charge in [0.1, 0.15) is 0 Å². The van der Waals surface area contributed by atoms with Gasteiger partial charge in [0.05, 0.1) is 31.2 Å². The molecule has 0 amide bonds. The summed E-state index contributed by atoms with van der Waals surface area (Å²) in [5, 5.41) is 12.3. The molecule has 29 heavy (non-hydrogen) atoms. The second-order valence-corrected chi connectivity index (χ2v) is 10.00. The zero-order valence-corrected chi connectivity index (χ0v) is 17.1. The van der Waals surface area contributed by atoms with E-state index in [0.717, 1.165) is 24.8 Å². The maximum Gasteiger partial charge on any atom is 0.313 e. The quantitative estimate of drug-likeness (QED) is 0.793. The third kappa shape index (κ3) is 1.55. The molecule has 0 aliphatic heterocycles. The van der Waals surface area contributed by atoms with Gasteiger partial charge in [-0.25, -0.2) is 0 Å². The van der Waals surface area contributed by atoms with Gasteiger partial charge in [0.2, 0.25) is 0 Å². The number of ether oxygens (including phenoxy) is 2. The van der Waals surface area contributed by atoms with Gasteiger partial charge in [-0.1, -0.05) is 37.3 Å². The summed E-state index contributed by atoms with van der Waals surface area (Å²) < 4.78 is 10.6. The van der Waals surface area contributed by atoms with E-state index in [2.05, 4.69) is 6.92 Å². The van der Waals surface area contributed by atoms with E-state index in [4.69, 9.17) is 9.47 Å². The Labute approximate surface area is 170 Å². The third-order valence-electron chi connectivity index (χ3n) is 9.83. The monoisotopic (exact) mass is 396 g/mol. The van der Waals surface area contributed by atoms with Crippen molar-refractivity contribution in [1.29, 1.82) is 0 Å². The Kier molecular flexibility index (Phi) is 3.24. The lowest BCUT2D eigenvalue weighted by atomic mass is 9.53. The van der Waals surface area contributed by atoms with Crippen molar-refractivity contribution in [3.8, 4) is 0 Å². The van der Waals surface area contributed by atoms with Crippen molar-refractivity contribution in [3.05, 3.63) is 35.9 Å². The number of benzene rings is 1. The topological polar surface area (TPSA) is 72.8 Å². The summed E-state index contributed by atoms with van der Waals surface area (Å²) in [4.78, 5) is 26.5. The summed E-state index contributed by atoms with van der Waals surface area (Å²) in [7, 11) is 2.86. The van der Waals surface area contributed by atoms with Crippen molar-refractivity contribution in [1.82, 2.24) is 0 Å². The molecule has 1 aromatic carbocycles. The summed E-state index contributed by atoms with van der Waals surface area (Å²) in [6.07, 6.45) is 2.84. The molecular weight excluding hydrogens is 368 g/mol. The van der Waals surface area contributed by atoms with Crippen LogP contribution in [0.3, 0.4) is 0 Å². The van der Waals surface area contributed by atoms with Crippen LogP contribution >= 0.6 is 0 Å². The van der Waals surface area contributed by atoms with Crippen LogP contribution in [0.15, 0.2) is 30.3 Å². The standard InChI is InChI=1S/C24H28O5/c1-4-13-15-14-16-18(20(25)28-2)23(15,21(26)29-3)19(22(16)10-11-22)17(14)24(13,27)12-8-6-5-7-9-12/h5-9,13-19,27H,4,10-11H2,1-3H3/t13-,14+,15-,16+,17+,18+,19+,23+,24+/m0/s1. The van der Waals surface area contributed by atoms with Crippen molar-refractivity contribution in [2.24, 2.45) is 52.3 Å². The molecule has 6 fully saturated rings. The molecule has 0 unspecified atom stereocenters. The van der Waals surface area contributed by atoms with Crippen molar-refractivity contribution < 1.29 is 24.2 Å². The van der Waals surface area contributed by atoms with Crippen LogP contribution in [-0.4, -0.2) is 31.3 Å². The van der Waals surface area contributed by atoms with E-state index in [1.165, 1.54) is 14.2 Å². The maximum absolute atomic E-state index is 13.5. The first-order valence-corrected chi connectivity index (χ1v) is 10.9. The minimum Gasteiger partial charge on any atom is -0.469 e. The number of rotatable bonds is 4. The number of hydrogen-bond donors (Lipinski definition) is 1. The van der Waals surface area contributed by atoms with E-state index < -0.39 is 16.9 Å². The Hall–Kier alpha value is -1.88. The Balaban J connectivity index is 1.59. The van der Waals surface area contributed by atoms with Gasteiger partial charge < -0.3 is 14.6 Å². The number of carbonyl (C=O) groups excluding carboxylic acids is 2. The fourth-order valence-electron chi connectivity index (χ4n) is 9.56. The number of hydrogen-bond acceptors (Lipinski definition) is 5. The van der Waals surface area contributed by atoms with Crippen LogP contribution in [0.25, 0.3) is 0 Å². The average molecular weight is 396 g/mol. The fraction of sp³-hybridized carbons (Fsp3) is 0.667. The van der Waals surface area contributed by atoms with E-state index in [0.29, 0.717) is 0 Å². The molecule has 1 aromatic rings. The van der Waals surface area contributed by atoms with E-state index >= 15 is 0 Å². The van der Waals surface area contributed by atoms with Gasteiger partial charge in [-0.05, 0) is 59.8 Å². The smallest absolute Gasteiger partial charge is 0.313 e. The van der Waals surface area contributed by atoms with Gasteiger partial charge in [-0.15, -0.1) is 0 Å². The predicted octanol–water partition coefficient (Wildman–Crippen LogP) is 2.76. The molecule has 0 aromatic heterocycles. The van der Waals surface area contributed by atoms with Gasteiger partial charge >= 0.3 is 11.9 Å². The zero-order chi connectivity index (χ0) is 20.3. The van der Waals surface area contributed by atoms with Gasteiger partial charge in [-0.2, -0.15) is 0 Å². The molecule has 0 heterocycles. The predicted molar refractivity (Wildman–Crippen MR) is 103 cm³/mol. The van der Waals surface area contributed by atoms with E-state index in [1.54, 1.807) is 0 Å². The molecule has 0 radical (unpaired) electrons. The molecule has 154 valence electrons. The average Bonchev–Trinajstić information content (AvgIpc) is 3.09. The summed E-state index contributed by atoms with van der Waals surface area (Å²) in [6.45, 7) is 2.09. The van der Waals surface area contributed by atoms with Gasteiger partial charge in [0.15, 0.2) is 0 Å². The maximum atomic E-state index is 13.5. The Morgan fingerprint density at radius 3 is 2.31 bits per heavy atom. The largest absolute Gasteiger partial charge is 0.469 e. The summed E-state index contributed by atoms with van der Waals surface area (Å²) in [5.41, 5.74) is -0.819. The molecule has 7 rings (SSSR count). The normalized spacial score (nSPS) is 49.0. The summed E-state index contributed by atoms with van der Waals surface area (Å²) in [5.74, 6) is -0.721. The van der Waals surface area contributed by atoms with Crippen LogP contribution in [0.4, 0.5) is 0 Å². The number of aliphatic hydroxyl groups is 1. The molecule has 1 spiro atoms. The molecule has 6 aliphatic carbocycles. The first kappa shape index (κ1) is 17.9. The Morgan fingerprint density at radius 2 is 1.76 bits per heavy atom. The molecule has 1 N–H and O–H groups in total. The van der Waals surface area contributed by atoms with E-state index in [9.17, 15) is 14.7 Å². The molecule has 6 saturated carbocycles. The van der Waals surface area contributed by atoms with Crippen LogP contribution < -0.4 is 0 Å². The first-order valence-electron chi connectivity index (χ1n) is 10.9. The second-order valence-electron chi connectivity index (χ2n) is 10.00. The van der Waals surface area contributed by atoms with Gasteiger partial charge in [0.25, 0.3) is 0 Å². The lowest BCUT2D eigenvalue weighted by Gasteiger charge is -2.51.